The molecule has 0 aliphatic heterocycles. The third kappa shape index (κ3) is 4.07. The summed E-state index contributed by atoms with van der Waals surface area (Å²) in [6, 6.07) is 3.04. The third-order valence-corrected chi connectivity index (χ3v) is 4.53. The summed E-state index contributed by atoms with van der Waals surface area (Å²) in [6.45, 7) is 4.48. The largest absolute Gasteiger partial charge is 0.327 e. The summed E-state index contributed by atoms with van der Waals surface area (Å²) < 4.78 is 2.19. The Balaban J connectivity index is 1.89. The van der Waals surface area contributed by atoms with Crippen molar-refractivity contribution in [2.45, 2.75) is 77.3 Å². The lowest BCUT2D eigenvalue weighted by Gasteiger charge is -2.22. The van der Waals surface area contributed by atoms with Gasteiger partial charge >= 0.3 is 0 Å². The van der Waals surface area contributed by atoms with E-state index in [1.54, 1.807) is 0 Å². The van der Waals surface area contributed by atoms with Crippen LogP contribution in [0.2, 0.25) is 0 Å². The van der Waals surface area contributed by atoms with E-state index in [4.69, 9.17) is 10.8 Å². The fourth-order valence-electron chi connectivity index (χ4n) is 3.15. The van der Waals surface area contributed by atoms with Gasteiger partial charge in [0.2, 0.25) is 0 Å². The summed E-state index contributed by atoms with van der Waals surface area (Å²) in [5.41, 5.74) is 7.44. The van der Waals surface area contributed by atoms with Crippen molar-refractivity contribution in [2.75, 3.05) is 0 Å². The fraction of sp³-hybridized carbons (Fsp3) is 0.812. The summed E-state index contributed by atoms with van der Waals surface area (Å²) in [4.78, 5) is 0. The SMILES string of the molecule is CCCC(C)C(N)Cc1ccn(C2CCCCC2)n1. The Kier molecular flexibility index (Phi) is 5.44. The molecule has 2 N–H and O–H groups in total. The number of rotatable bonds is 6. The van der Waals surface area contributed by atoms with E-state index in [0.29, 0.717) is 12.0 Å². The average molecular weight is 263 g/mol. The van der Waals surface area contributed by atoms with Crippen LogP contribution in [0.1, 0.15) is 70.5 Å². The standard InChI is InChI=1S/C16H29N3/c1-3-7-13(2)16(17)12-14-10-11-19(18-14)15-8-5-4-6-9-15/h10-11,13,15-16H,3-9,12,17H2,1-2H3. The minimum Gasteiger partial charge on any atom is -0.327 e. The maximum Gasteiger partial charge on any atom is 0.0640 e. The highest BCUT2D eigenvalue weighted by Gasteiger charge is 2.18. The Bertz CT molecular complexity index is 366. The van der Waals surface area contributed by atoms with Crippen molar-refractivity contribution in [3.8, 4) is 0 Å². The molecular weight excluding hydrogens is 234 g/mol. The van der Waals surface area contributed by atoms with E-state index in [1.807, 2.05) is 0 Å². The van der Waals surface area contributed by atoms with E-state index in [1.165, 1.54) is 50.6 Å². The third-order valence-electron chi connectivity index (χ3n) is 4.53. The van der Waals surface area contributed by atoms with Gasteiger partial charge in [0.1, 0.15) is 0 Å². The number of nitrogens with two attached hydrogens (primary N) is 1. The van der Waals surface area contributed by atoms with E-state index in [2.05, 4.69) is 30.8 Å². The summed E-state index contributed by atoms with van der Waals surface area (Å²) >= 11 is 0. The smallest absolute Gasteiger partial charge is 0.0640 e. The zero-order chi connectivity index (χ0) is 13.7. The molecule has 2 atom stereocenters. The molecule has 0 spiro atoms. The second-order valence-corrected chi connectivity index (χ2v) is 6.21. The van der Waals surface area contributed by atoms with Crippen molar-refractivity contribution in [1.29, 1.82) is 0 Å². The number of aromatic nitrogens is 2. The summed E-state index contributed by atoms with van der Waals surface area (Å²) in [5.74, 6) is 0.588. The van der Waals surface area contributed by atoms with Crippen LogP contribution in [-0.4, -0.2) is 15.8 Å². The van der Waals surface area contributed by atoms with Gasteiger partial charge in [-0.15, -0.1) is 0 Å². The molecule has 2 rings (SSSR count). The molecule has 1 aliphatic rings. The van der Waals surface area contributed by atoms with Crippen molar-refractivity contribution >= 4 is 0 Å². The lowest BCUT2D eigenvalue weighted by Crippen LogP contribution is -2.30. The molecular formula is C16H29N3. The van der Waals surface area contributed by atoms with Crippen molar-refractivity contribution in [1.82, 2.24) is 9.78 Å². The van der Waals surface area contributed by atoms with Gasteiger partial charge in [-0.1, -0.05) is 39.5 Å². The van der Waals surface area contributed by atoms with Gasteiger partial charge in [-0.2, -0.15) is 5.10 Å². The van der Waals surface area contributed by atoms with Gasteiger partial charge in [-0.25, -0.2) is 0 Å². The van der Waals surface area contributed by atoms with Gasteiger partial charge in [-0.05, 0) is 31.2 Å². The first-order chi connectivity index (χ1) is 9.20. The fourth-order valence-corrected chi connectivity index (χ4v) is 3.15. The average Bonchev–Trinajstić information content (AvgIpc) is 2.88. The lowest BCUT2D eigenvalue weighted by molar-refractivity contribution is 0.326. The highest BCUT2D eigenvalue weighted by atomic mass is 15.3. The quantitative estimate of drug-likeness (QED) is 0.850. The Morgan fingerprint density at radius 1 is 1.37 bits per heavy atom. The van der Waals surface area contributed by atoms with E-state index in [-0.39, 0.29) is 6.04 Å². The lowest BCUT2D eigenvalue weighted by atomic mass is 9.94. The predicted molar refractivity (Wildman–Crippen MR) is 80.1 cm³/mol. The molecule has 0 aromatic carbocycles. The van der Waals surface area contributed by atoms with Crippen LogP contribution in [0.3, 0.4) is 0 Å². The van der Waals surface area contributed by atoms with E-state index < -0.39 is 0 Å². The molecule has 108 valence electrons. The van der Waals surface area contributed by atoms with Gasteiger partial charge < -0.3 is 5.73 Å². The van der Waals surface area contributed by atoms with Gasteiger partial charge in [0.05, 0.1) is 11.7 Å². The van der Waals surface area contributed by atoms with Crippen LogP contribution < -0.4 is 5.73 Å². The topological polar surface area (TPSA) is 43.8 Å². The predicted octanol–water partition coefficient (Wildman–Crippen LogP) is 3.69. The first-order valence-electron chi connectivity index (χ1n) is 8.00. The number of hydrogen-bond acceptors (Lipinski definition) is 2. The van der Waals surface area contributed by atoms with E-state index in [9.17, 15) is 0 Å². The molecule has 1 saturated carbocycles. The molecule has 1 aromatic rings. The van der Waals surface area contributed by atoms with Crippen molar-refractivity contribution in [2.24, 2.45) is 11.7 Å². The first-order valence-corrected chi connectivity index (χ1v) is 8.00. The maximum atomic E-state index is 6.27. The van der Waals surface area contributed by atoms with Crippen LogP contribution in [0.25, 0.3) is 0 Å². The zero-order valence-corrected chi connectivity index (χ0v) is 12.5. The Morgan fingerprint density at radius 3 is 2.79 bits per heavy atom. The second kappa shape index (κ2) is 7.09. The normalized spacial score (nSPS) is 20.4. The summed E-state index contributed by atoms with van der Waals surface area (Å²) in [6.07, 6.45) is 12.2. The van der Waals surface area contributed by atoms with Gasteiger partial charge in [0.15, 0.2) is 0 Å². The maximum absolute atomic E-state index is 6.27. The molecule has 1 fully saturated rings. The zero-order valence-electron chi connectivity index (χ0n) is 12.5. The molecule has 1 aliphatic carbocycles. The summed E-state index contributed by atoms with van der Waals surface area (Å²) in [7, 11) is 0. The monoisotopic (exact) mass is 263 g/mol. The van der Waals surface area contributed by atoms with Crippen LogP contribution in [0.15, 0.2) is 12.3 Å². The summed E-state index contributed by atoms with van der Waals surface area (Å²) in [5, 5.41) is 4.75. The van der Waals surface area contributed by atoms with E-state index >= 15 is 0 Å². The Labute approximate surface area is 117 Å². The van der Waals surface area contributed by atoms with Gasteiger partial charge in [0, 0.05) is 18.7 Å². The minimum atomic E-state index is 0.245. The second-order valence-electron chi connectivity index (χ2n) is 6.21. The molecule has 0 saturated heterocycles. The van der Waals surface area contributed by atoms with Crippen molar-refractivity contribution in [3.05, 3.63) is 18.0 Å². The van der Waals surface area contributed by atoms with Gasteiger partial charge in [0.25, 0.3) is 0 Å². The van der Waals surface area contributed by atoms with Crippen LogP contribution >= 0.6 is 0 Å². The van der Waals surface area contributed by atoms with Crippen LogP contribution in [0, 0.1) is 5.92 Å². The van der Waals surface area contributed by atoms with Crippen LogP contribution in [0.4, 0.5) is 0 Å². The number of hydrogen-bond donors (Lipinski definition) is 1. The Morgan fingerprint density at radius 2 is 2.11 bits per heavy atom. The molecule has 2 unspecified atom stereocenters. The first kappa shape index (κ1) is 14.6. The molecule has 0 bridgehead atoms. The van der Waals surface area contributed by atoms with E-state index in [0.717, 1.165) is 6.42 Å². The molecule has 1 aromatic heterocycles. The van der Waals surface area contributed by atoms with Crippen molar-refractivity contribution in [3.63, 3.8) is 0 Å². The minimum absolute atomic E-state index is 0.245. The molecule has 0 radical (unpaired) electrons. The van der Waals surface area contributed by atoms with Gasteiger partial charge in [-0.3, -0.25) is 4.68 Å². The number of nitrogens with zero attached hydrogens (tertiary/aromatic N) is 2. The molecule has 3 nitrogen and oxygen atoms in total. The molecule has 3 heteroatoms. The molecule has 19 heavy (non-hydrogen) atoms. The van der Waals surface area contributed by atoms with Crippen molar-refractivity contribution < 1.29 is 0 Å². The highest BCUT2D eigenvalue weighted by Crippen LogP contribution is 2.27. The van der Waals surface area contributed by atoms with Crippen LogP contribution in [-0.2, 0) is 6.42 Å². The van der Waals surface area contributed by atoms with Crippen LogP contribution in [0.5, 0.6) is 0 Å². The molecule has 0 amide bonds. The molecule has 1 heterocycles. The Hall–Kier alpha value is -0.830. The highest BCUT2D eigenvalue weighted by molar-refractivity contribution is 5.02.